The van der Waals surface area contributed by atoms with Gasteiger partial charge in [0, 0.05) is 6.61 Å². The van der Waals surface area contributed by atoms with Gasteiger partial charge in [-0.25, -0.2) is 0 Å². The van der Waals surface area contributed by atoms with Gasteiger partial charge in [0.25, 0.3) is 0 Å². The van der Waals surface area contributed by atoms with Crippen LogP contribution in [0.25, 0.3) is 0 Å². The predicted octanol–water partition coefficient (Wildman–Crippen LogP) is 4.07. The summed E-state index contributed by atoms with van der Waals surface area (Å²) in [4.78, 5) is 10.3. The quantitative estimate of drug-likeness (QED) is 0.411. The van der Waals surface area contributed by atoms with Crippen molar-refractivity contribution in [3.63, 3.8) is 0 Å². The maximum absolute atomic E-state index is 10.3. The lowest BCUT2D eigenvalue weighted by Crippen LogP contribution is -1.98. The Bertz CT molecular complexity index is 309. The molecule has 0 aliphatic carbocycles. The Hall–Kier alpha value is -1.00. The first kappa shape index (κ1) is 19.0. The van der Waals surface area contributed by atoms with E-state index < -0.39 is 5.97 Å². The van der Waals surface area contributed by atoms with Crippen molar-refractivity contribution < 1.29 is 14.6 Å². The van der Waals surface area contributed by atoms with E-state index in [1.165, 1.54) is 11.8 Å². The molecule has 0 rings (SSSR count). The number of carbonyl (C=O) groups is 1. The Labute approximate surface area is 126 Å². The van der Waals surface area contributed by atoms with Crippen molar-refractivity contribution in [3.8, 4) is 0 Å². The van der Waals surface area contributed by atoms with E-state index in [0.29, 0.717) is 6.61 Å². The lowest BCUT2D eigenvalue weighted by molar-refractivity contribution is -0.133. The third-order valence-electron chi connectivity index (χ3n) is 2.26. The summed E-state index contributed by atoms with van der Waals surface area (Å²) >= 11 is 1.45. The van der Waals surface area contributed by atoms with E-state index >= 15 is 0 Å². The molecule has 1 N–H and O–H groups in total. The molecule has 3 nitrogen and oxygen atoms in total. The minimum Gasteiger partial charge on any atom is -0.481 e. The van der Waals surface area contributed by atoms with Gasteiger partial charge in [-0.1, -0.05) is 43.4 Å². The summed E-state index contributed by atoms with van der Waals surface area (Å²) < 4.78 is 5.33. The number of thioether (sulfide) groups is 1. The molecule has 0 aliphatic rings. The first-order valence-electron chi connectivity index (χ1n) is 7.09. The molecule has 0 aliphatic heterocycles. The van der Waals surface area contributed by atoms with Crippen molar-refractivity contribution in [1.29, 1.82) is 0 Å². The number of aliphatic carboxylic acids is 1. The Morgan fingerprint density at radius 1 is 1.10 bits per heavy atom. The van der Waals surface area contributed by atoms with E-state index in [1.54, 1.807) is 0 Å². The van der Waals surface area contributed by atoms with Crippen LogP contribution in [0.15, 0.2) is 36.5 Å². The van der Waals surface area contributed by atoms with E-state index in [1.807, 2.05) is 0 Å². The standard InChI is InChI=1S/C16H26O3S/c1-2-12-19-13-10-8-6-4-3-5-7-9-11-14-20-15-16(17)18/h3-4,7-10H,2,5-6,11-15H2,1H3,(H,17,18)/b4-3+,9-7+,10-8+. The van der Waals surface area contributed by atoms with Crippen molar-refractivity contribution in [2.75, 3.05) is 24.7 Å². The molecule has 0 atom stereocenters. The SMILES string of the molecule is CCCOC/C=C/C/C=C/C/C=C/CCSCC(=O)O. The van der Waals surface area contributed by atoms with Crippen molar-refractivity contribution in [3.05, 3.63) is 36.5 Å². The summed E-state index contributed by atoms with van der Waals surface area (Å²) in [6.07, 6.45) is 16.5. The minimum absolute atomic E-state index is 0.196. The summed E-state index contributed by atoms with van der Waals surface area (Å²) in [6, 6.07) is 0. The molecule has 0 fully saturated rings. The first-order chi connectivity index (χ1) is 9.77. The predicted molar refractivity (Wildman–Crippen MR) is 87.3 cm³/mol. The highest BCUT2D eigenvalue weighted by molar-refractivity contribution is 7.99. The van der Waals surface area contributed by atoms with E-state index in [0.717, 1.165) is 38.0 Å². The molecule has 20 heavy (non-hydrogen) atoms. The van der Waals surface area contributed by atoms with Crippen molar-refractivity contribution in [1.82, 2.24) is 0 Å². The molecule has 0 bridgehead atoms. The number of hydrogen-bond donors (Lipinski definition) is 1. The van der Waals surface area contributed by atoms with Gasteiger partial charge in [0.05, 0.1) is 12.4 Å². The fraction of sp³-hybridized carbons (Fsp3) is 0.562. The zero-order valence-corrected chi connectivity index (χ0v) is 13.1. The lowest BCUT2D eigenvalue weighted by atomic mass is 10.3. The van der Waals surface area contributed by atoms with Crippen LogP contribution in [0.5, 0.6) is 0 Å². The second-order valence-electron chi connectivity index (χ2n) is 4.20. The zero-order chi connectivity index (χ0) is 14.9. The van der Waals surface area contributed by atoms with Crippen LogP contribution in [0.1, 0.15) is 32.6 Å². The molecule has 0 aromatic heterocycles. The zero-order valence-electron chi connectivity index (χ0n) is 12.3. The van der Waals surface area contributed by atoms with E-state index in [4.69, 9.17) is 9.84 Å². The second kappa shape index (κ2) is 16.1. The molecule has 4 heteroatoms. The summed E-state index contributed by atoms with van der Waals surface area (Å²) in [5.74, 6) is 0.324. The molecule has 0 saturated heterocycles. The fourth-order valence-corrected chi connectivity index (χ4v) is 1.96. The molecule has 0 amide bonds. The average molecular weight is 298 g/mol. The van der Waals surface area contributed by atoms with Gasteiger partial charge in [0.2, 0.25) is 0 Å². The van der Waals surface area contributed by atoms with Crippen molar-refractivity contribution >= 4 is 17.7 Å². The van der Waals surface area contributed by atoms with Crippen molar-refractivity contribution in [2.45, 2.75) is 32.6 Å². The first-order valence-corrected chi connectivity index (χ1v) is 8.25. The van der Waals surface area contributed by atoms with Crippen LogP contribution < -0.4 is 0 Å². The molecular weight excluding hydrogens is 272 g/mol. The van der Waals surface area contributed by atoms with Gasteiger partial charge in [-0.3, -0.25) is 4.79 Å². The highest BCUT2D eigenvalue weighted by atomic mass is 32.2. The largest absolute Gasteiger partial charge is 0.481 e. The van der Waals surface area contributed by atoms with Crippen LogP contribution >= 0.6 is 11.8 Å². The molecule has 0 aromatic rings. The highest BCUT2D eigenvalue weighted by Gasteiger charge is 1.94. The van der Waals surface area contributed by atoms with Gasteiger partial charge < -0.3 is 9.84 Å². The number of ether oxygens (including phenoxy) is 1. The molecule has 0 saturated carbocycles. The molecule has 0 aromatic carbocycles. The monoisotopic (exact) mass is 298 g/mol. The Balaban J connectivity index is 3.32. The van der Waals surface area contributed by atoms with Gasteiger partial charge in [-0.2, -0.15) is 0 Å². The molecule has 0 spiro atoms. The summed E-state index contributed by atoms with van der Waals surface area (Å²) in [5, 5.41) is 8.46. The normalized spacial score (nSPS) is 12.1. The molecule has 0 radical (unpaired) electrons. The van der Waals surface area contributed by atoms with Gasteiger partial charge in [-0.05, 0) is 31.4 Å². The van der Waals surface area contributed by atoms with Gasteiger partial charge in [0.1, 0.15) is 0 Å². The van der Waals surface area contributed by atoms with Gasteiger partial charge in [0.15, 0.2) is 0 Å². The summed E-state index contributed by atoms with van der Waals surface area (Å²) in [6.45, 7) is 3.64. The van der Waals surface area contributed by atoms with Crippen LogP contribution in [0.4, 0.5) is 0 Å². The van der Waals surface area contributed by atoms with Crippen LogP contribution in [-0.4, -0.2) is 35.8 Å². The van der Waals surface area contributed by atoms with Gasteiger partial charge in [-0.15, -0.1) is 11.8 Å². The number of carboxylic acids is 1. The number of carboxylic acid groups (broad SMARTS) is 1. The van der Waals surface area contributed by atoms with Crippen LogP contribution in [0.2, 0.25) is 0 Å². The molecule has 114 valence electrons. The van der Waals surface area contributed by atoms with E-state index in [9.17, 15) is 4.79 Å². The Morgan fingerprint density at radius 3 is 2.40 bits per heavy atom. The summed E-state index contributed by atoms with van der Waals surface area (Å²) in [7, 11) is 0. The average Bonchev–Trinajstić information content (AvgIpc) is 2.43. The van der Waals surface area contributed by atoms with Gasteiger partial charge >= 0.3 is 5.97 Å². The van der Waals surface area contributed by atoms with E-state index in [-0.39, 0.29) is 5.75 Å². The van der Waals surface area contributed by atoms with Crippen molar-refractivity contribution in [2.24, 2.45) is 0 Å². The lowest BCUT2D eigenvalue weighted by Gasteiger charge is -1.94. The third-order valence-corrected chi connectivity index (χ3v) is 3.24. The van der Waals surface area contributed by atoms with Crippen LogP contribution in [0, 0.1) is 0 Å². The topological polar surface area (TPSA) is 46.5 Å². The minimum atomic E-state index is -0.741. The second-order valence-corrected chi connectivity index (χ2v) is 5.30. The Kier molecular flexibility index (Phi) is 15.3. The Morgan fingerprint density at radius 2 is 1.75 bits per heavy atom. The maximum Gasteiger partial charge on any atom is 0.313 e. The third kappa shape index (κ3) is 17.0. The summed E-state index contributed by atoms with van der Waals surface area (Å²) in [5.41, 5.74) is 0. The number of rotatable bonds is 13. The molecular formula is C16H26O3S. The van der Waals surface area contributed by atoms with Crippen LogP contribution in [-0.2, 0) is 9.53 Å². The highest BCUT2D eigenvalue weighted by Crippen LogP contribution is 2.02. The smallest absolute Gasteiger partial charge is 0.313 e. The van der Waals surface area contributed by atoms with Crippen LogP contribution in [0.3, 0.4) is 0 Å². The fourth-order valence-electron chi connectivity index (χ4n) is 1.33. The van der Waals surface area contributed by atoms with E-state index in [2.05, 4.69) is 43.4 Å². The maximum atomic E-state index is 10.3. The number of hydrogen-bond acceptors (Lipinski definition) is 3. The molecule has 0 unspecified atom stereocenters. The number of allylic oxidation sites excluding steroid dienone is 5. The molecule has 0 heterocycles.